The van der Waals surface area contributed by atoms with Gasteiger partial charge in [0.15, 0.2) is 0 Å². The van der Waals surface area contributed by atoms with Gasteiger partial charge in [0.25, 0.3) is 0 Å². The van der Waals surface area contributed by atoms with Crippen molar-refractivity contribution in [2.24, 2.45) is 11.3 Å². The Bertz CT molecular complexity index is 266. The lowest BCUT2D eigenvalue weighted by atomic mass is 9.84. The monoisotopic (exact) mass is 266 g/mol. The molecule has 2 atom stereocenters. The molecule has 112 valence electrons. The molecule has 2 heteroatoms. The maximum absolute atomic E-state index is 3.97. The average molecular weight is 266 g/mol. The summed E-state index contributed by atoms with van der Waals surface area (Å²) in [5, 5.41) is 3.97. The zero-order chi connectivity index (χ0) is 13.9. The predicted octanol–water partition coefficient (Wildman–Crippen LogP) is 3.67. The van der Waals surface area contributed by atoms with Crippen molar-refractivity contribution in [1.29, 1.82) is 0 Å². The molecule has 1 N–H and O–H groups in total. The summed E-state index contributed by atoms with van der Waals surface area (Å²) in [6.07, 6.45) is 8.27. The summed E-state index contributed by atoms with van der Waals surface area (Å²) in [4.78, 5) is 2.64. The van der Waals surface area contributed by atoms with Gasteiger partial charge in [0.05, 0.1) is 0 Å². The Morgan fingerprint density at radius 2 is 1.89 bits per heavy atom. The van der Waals surface area contributed by atoms with Gasteiger partial charge in [-0.3, -0.25) is 0 Å². The summed E-state index contributed by atoms with van der Waals surface area (Å²) in [6, 6.07) is 1.45. The Kier molecular flexibility index (Phi) is 5.30. The van der Waals surface area contributed by atoms with Gasteiger partial charge in [-0.15, -0.1) is 0 Å². The molecule has 0 spiro atoms. The fourth-order valence-corrected chi connectivity index (χ4v) is 4.08. The van der Waals surface area contributed by atoms with Crippen LogP contribution in [-0.4, -0.2) is 36.6 Å². The lowest BCUT2D eigenvalue weighted by Crippen LogP contribution is -2.48. The molecular formula is C17H34N2. The molecule has 1 heterocycles. The van der Waals surface area contributed by atoms with Crippen LogP contribution in [-0.2, 0) is 0 Å². The van der Waals surface area contributed by atoms with Crippen LogP contribution in [0.3, 0.4) is 0 Å². The average Bonchev–Trinajstić information content (AvgIpc) is 2.70. The van der Waals surface area contributed by atoms with Gasteiger partial charge >= 0.3 is 0 Å². The molecule has 1 saturated carbocycles. The van der Waals surface area contributed by atoms with Crippen molar-refractivity contribution in [2.75, 3.05) is 19.6 Å². The third-order valence-corrected chi connectivity index (χ3v) is 5.60. The van der Waals surface area contributed by atoms with E-state index in [1.807, 2.05) is 0 Å². The van der Waals surface area contributed by atoms with Crippen LogP contribution in [0.25, 0.3) is 0 Å². The Hall–Kier alpha value is -0.0800. The molecule has 2 fully saturated rings. The highest BCUT2D eigenvalue weighted by atomic mass is 15.1. The first kappa shape index (κ1) is 15.3. The smallest absolute Gasteiger partial charge is 0.0121 e. The third-order valence-electron chi connectivity index (χ3n) is 5.60. The normalized spacial score (nSPS) is 30.6. The molecule has 2 aliphatic rings. The van der Waals surface area contributed by atoms with Crippen molar-refractivity contribution in [1.82, 2.24) is 10.2 Å². The zero-order valence-corrected chi connectivity index (χ0v) is 13.5. The predicted molar refractivity (Wildman–Crippen MR) is 83.5 cm³/mol. The van der Waals surface area contributed by atoms with Gasteiger partial charge in [-0.2, -0.15) is 0 Å². The molecule has 2 unspecified atom stereocenters. The summed E-state index contributed by atoms with van der Waals surface area (Å²) in [6.45, 7) is 13.5. The van der Waals surface area contributed by atoms with Crippen molar-refractivity contribution in [2.45, 2.75) is 78.3 Å². The molecule has 2 rings (SSSR count). The van der Waals surface area contributed by atoms with E-state index in [1.54, 1.807) is 0 Å². The largest absolute Gasteiger partial charge is 0.311 e. The summed E-state index contributed by atoms with van der Waals surface area (Å²) >= 11 is 0. The Morgan fingerprint density at radius 1 is 1.21 bits per heavy atom. The summed E-state index contributed by atoms with van der Waals surface area (Å²) in [5.41, 5.74) is 0.511. The number of likely N-dealkylation sites (tertiary alicyclic amines) is 1. The van der Waals surface area contributed by atoms with Gasteiger partial charge in [0.2, 0.25) is 0 Å². The highest BCUT2D eigenvalue weighted by molar-refractivity contribution is 4.93. The maximum Gasteiger partial charge on any atom is 0.0121 e. The SMILES string of the molecule is CCCN1CCC(C(C)NC2CCCC2(C)C)CC1. The topological polar surface area (TPSA) is 15.3 Å². The molecule has 0 aromatic rings. The van der Waals surface area contributed by atoms with Gasteiger partial charge in [-0.25, -0.2) is 0 Å². The number of nitrogens with zero attached hydrogens (tertiary/aromatic N) is 1. The number of rotatable bonds is 5. The van der Waals surface area contributed by atoms with E-state index in [0.717, 1.165) is 12.0 Å². The molecule has 1 aliphatic carbocycles. The van der Waals surface area contributed by atoms with E-state index in [1.165, 1.54) is 58.2 Å². The van der Waals surface area contributed by atoms with E-state index >= 15 is 0 Å². The lowest BCUT2D eigenvalue weighted by Gasteiger charge is -2.38. The molecule has 1 aliphatic heterocycles. The molecule has 0 radical (unpaired) electrons. The minimum Gasteiger partial charge on any atom is -0.311 e. The van der Waals surface area contributed by atoms with E-state index in [0.29, 0.717) is 11.5 Å². The van der Waals surface area contributed by atoms with Crippen LogP contribution in [0, 0.1) is 11.3 Å². The minimum absolute atomic E-state index is 0.511. The zero-order valence-electron chi connectivity index (χ0n) is 13.5. The molecule has 2 nitrogen and oxygen atoms in total. The molecule has 19 heavy (non-hydrogen) atoms. The first-order valence-corrected chi connectivity index (χ1v) is 8.51. The number of nitrogens with one attached hydrogen (secondary N) is 1. The van der Waals surface area contributed by atoms with Gasteiger partial charge < -0.3 is 10.2 Å². The van der Waals surface area contributed by atoms with Gasteiger partial charge in [0, 0.05) is 12.1 Å². The lowest BCUT2D eigenvalue weighted by molar-refractivity contribution is 0.148. The van der Waals surface area contributed by atoms with E-state index in [-0.39, 0.29) is 0 Å². The summed E-state index contributed by atoms with van der Waals surface area (Å²) in [5.74, 6) is 0.893. The van der Waals surface area contributed by atoms with Crippen LogP contribution in [0.1, 0.15) is 66.2 Å². The van der Waals surface area contributed by atoms with Crippen LogP contribution >= 0.6 is 0 Å². The van der Waals surface area contributed by atoms with E-state index in [4.69, 9.17) is 0 Å². The second-order valence-corrected chi connectivity index (χ2v) is 7.57. The van der Waals surface area contributed by atoms with E-state index in [9.17, 15) is 0 Å². The van der Waals surface area contributed by atoms with Gasteiger partial charge in [-0.1, -0.05) is 27.2 Å². The number of hydrogen-bond acceptors (Lipinski definition) is 2. The Balaban J connectivity index is 1.77. The standard InChI is InChI=1S/C17H34N2/c1-5-11-19-12-8-15(9-13-19)14(2)18-16-7-6-10-17(16,3)4/h14-16,18H,5-13H2,1-4H3. The number of piperidine rings is 1. The van der Waals surface area contributed by atoms with Crippen LogP contribution in [0.4, 0.5) is 0 Å². The first-order chi connectivity index (χ1) is 9.03. The highest BCUT2D eigenvalue weighted by Crippen LogP contribution is 2.38. The van der Waals surface area contributed by atoms with Crippen LogP contribution < -0.4 is 5.32 Å². The maximum atomic E-state index is 3.97. The molecule has 0 amide bonds. The molecular weight excluding hydrogens is 232 g/mol. The van der Waals surface area contributed by atoms with Crippen molar-refractivity contribution < 1.29 is 0 Å². The quantitative estimate of drug-likeness (QED) is 0.817. The van der Waals surface area contributed by atoms with Gasteiger partial charge in [-0.05, 0) is 70.0 Å². The van der Waals surface area contributed by atoms with Crippen LogP contribution in [0.15, 0.2) is 0 Å². The molecule has 1 saturated heterocycles. The Morgan fingerprint density at radius 3 is 2.42 bits per heavy atom. The fourth-order valence-electron chi connectivity index (χ4n) is 4.08. The van der Waals surface area contributed by atoms with E-state index < -0.39 is 0 Å². The first-order valence-electron chi connectivity index (χ1n) is 8.51. The second-order valence-electron chi connectivity index (χ2n) is 7.57. The van der Waals surface area contributed by atoms with Crippen molar-refractivity contribution in [3.63, 3.8) is 0 Å². The Labute approximate surface area is 120 Å². The van der Waals surface area contributed by atoms with Crippen molar-refractivity contribution in [3.8, 4) is 0 Å². The molecule has 0 aromatic heterocycles. The number of hydrogen-bond donors (Lipinski definition) is 1. The van der Waals surface area contributed by atoms with Crippen LogP contribution in [0.2, 0.25) is 0 Å². The molecule has 0 bridgehead atoms. The third kappa shape index (κ3) is 3.95. The van der Waals surface area contributed by atoms with Crippen molar-refractivity contribution >= 4 is 0 Å². The fraction of sp³-hybridized carbons (Fsp3) is 1.00. The highest BCUT2D eigenvalue weighted by Gasteiger charge is 2.36. The van der Waals surface area contributed by atoms with Crippen molar-refractivity contribution in [3.05, 3.63) is 0 Å². The van der Waals surface area contributed by atoms with E-state index in [2.05, 4.69) is 37.9 Å². The molecule has 0 aromatic carbocycles. The summed E-state index contributed by atoms with van der Waals surface area (Å²) < 4.78 is 0. The second kappa shape index (κ2) is 6.58. The van der Waals surface area contributed by atoms with Crippen LogP contribution in [0.5, 0.6) is 0 Å². The summed E-state index contributed by atoms with van der Waals surface area (Å²) in [7, 11) is 0. The van der Waals surface area contributed by atoms with Gasteiger partial charge in [0.1, 0.15) is 0 Å². The minimum atomic E-state index is 0.511.